The molecule has 2 aliphatic carbocycles. The van der Waals surface area contributed by atoms with Gasteiger partial charge < -0.3 is 10.0 Å². The van der Waals surface area contributed by atoms with Crippen LogP contribution >= 0.6 is 0 Å². The average Bonchev–Trinajstić information content (AvgIpc) is 3.17. The van der Waals surface area contributed by atoms with E-state index < -0.39 is 5.60 Å². The largest absolute Gasteiger partial charge is 0.388 e. The molecule has 2 aromatic carbocycles. The van der Waals surface area contributed by atoms with Crippen LogP contribution in [0.5, 0.6) is 0 Å². The lowest BCUT2D eigenvalue weighted by Crippen LogP contribution is -2.42. The Morgan fingerprint density at radius 1 is 1.04 bits per heavy atom. The minimum atomic E-state index is -0.771. The van der Waals surface area contributed by atoms with Crippen LogP contribution in [0.2, 0.25) is 0 Å². The van der Waals surface area contributed by atoms with E-state index in [4.69, 9.17) is 0 Å². The summed E-state index contributed by atoms with van der Waals surface area (Å²) in [4.78, 5) is 26.9. The van der Waals surface area contributed by atoms with Gasteiger partial charge in [-0.3, -0.25) is 9.59 Å². The number of benzene rings is 2. The SMILES string of the molecule is CN(CC1(O)CCCC1)C(=O)c1ccc2c(c1)C(=O)c1ccccc1-2. The molecular formula is C21H21NO3. The van der Waals surface area contributed by atoms with Gasteiger partial charge in [0, 0.05) is 30.3 Å². The van der Waals surface area contributed by atoms with Crippen molar-refractivity contribution >= 4 is 11.7 Å². The zero-order valence-corrected chi connectivity index (χ0v) is 14.3. The highest BCUT2D eigenvalue weighted by Gasteiger charge is 2.34. The van der Waals surface area contributed by atoms with Crippen molar-refractivity contribution in [1.82, 2.24) is 4.90 Å². The summed E-state index contributed by atoms with van der Waals surface area (Å²) in [6.45, 7) is 0.330. The first kappa shape index (κ1) is 16.0. The molecule has 4 heteroatoms. The van der Waals surface area contributed by atoms with E-state index >= 15 is 0 Å². The second kappa shape index (κ2) is 5.81. The summed E-state index contributed by atoms with van der Waals surface area (Å²) in [6, 6.07) is 12.8. The van der Waals surface area contributed by atoms with Gasteiger partial charge in [-0.05, 0) is 36.1 Å². The number of fused-ring (bicyclic) bond motifs is 3. The highest BCUT2D eigenvalue weighted by Crippen LogP contribution is 2.37. The van der Waals surface area contributed by atoms with Gasteiger partial charge >= 0.3 is 0 Å². The molecule has 1 fully saturated rings. The van der Waals surface area contributed by atoms with Crippen LogP contribution in [0.1, 0.15) is 52.0 Å². The topological polar surface area (TPSA) is 57.6 Å². The van der Waals surface area contributed by atoms with Crippen LogP contribution in [0.25, 0.3) is 11.1 Å². The Balaban J connectivity index is 1.60. The Labute approximate surface area is 147 Å². The van der Waals surface area contributed by atoms with Crippen LogP contribution in [0, 0.1) is 0 Å². The monoisotopic (exact) mass is 335 g/mol. The minimum Gasteiger partial charge on any atom is -0.388 e. The lowest BCUT2D eigenvalue weighted by atomic mass is 10.0. The molecule has 0 spiro atoms. The third-order valence-corrected chi connectivity index (χ3v) is 5.39. The molecule has 1 N–H and O–H groups in total. The van der Waals surface area contributed by atoms with E-state index in [-0.39, 0.29) is 11.7 Å². The molecule has 2 aromatic rings. The molecule has 0 atom stereocenters. The van der Waals surface area contributed by atoms with Crippen LogP contribution in [0.15, 0.2) is 42.5 Å². The van der Waals surface area contributed by atoms with Crippen LogP contribution in [0.3, 0.4) is 0 Å². The Hall–Kier alpha value is -2.46. The van der Waals surface area contributed by atoms with E-state index in [0.29, 0.717) is 23.2 Å². The molecule has 4 rings (SSSR count). The van der Waals surface area contributed by atoms with Gasteiger partial charge in [-0.2, -0.15) is 0 Å². The summed E-state index contributed by atoms with van der Waals surface area (Å²) in [7, 11) is 1.71. The van der Waals surface area contributed by atoms with E-state index in [9.17, 15) is 14.7 Å². The van der Waals surface area contributed by atoms with Gasteiger partial charge in [-0.1, -0.05) is 43.2 Å². The van der Waals surface area contributed by atoms with Crippen molar-refractivity contribution in [2.24, 2.45) is 0 Å². The fourth-order valence-corrected chi connectivity index (χ4v) is 4.09. The molecule has 1 saturated carbocycles. The predicted molar refractivity (Wildman–Crippen MR) is 95.7 cm³/mol. The first-order valence-electron chi connectivity index (χ1n) is 8.74. The number of likely N-dealkylation sites (N-methyl/N-ethyl adjacent to an activating group) is 1. The Morgan fingerprint density at radius 3 is 2.40 bits per heavy atom. The van der Waals surface area contributed by atoms with E-state index in [1.54, 1.807) is 24.1 Å². The molecule has 1 amide bonds. The molecule has 0 radical (unpaired) electrons. The summed E-state index contributed by atoms with van der Waals surface area (Å²) in [5, 5.41) is 10.5. The van der Waals surface area contributed by atoms with E-state index in [1.807, 2.05) is 30.3 Å². The van der Waals surface area contributed by atoms with Gasteiger partial charge in [-0.15, -0.1) is 0 Å². The minimum absolute atomic E-state index is 0.0303. The number of hydrogen-bond acceptors (Lipinski definition) is 3. The third kappa shape index (κ3) is 2.67. The van der Waals surface area contributed by atoms with E-state index in [1.165, 1.54) is 0 Å². The Morgan fingerprint density at radius 2 is 1.68 bits per heavy atom. The van der Waals surface area contributed by atoms with Crippen molar-refractivity contribution < 1.29 is 14.7 Å². The summed E-state index contributed by atoms with van der Waals surface area (Å²) < 4.78 is 0. The number of amides is 1. The number of carbonyl (C=O) groups is 2. The normalized spacial score (nSPS) is 17.3. The number of aliphatic hydroxyl groups is 1. The zero-order valence-electron chi connectivity index (χ0n) is 14.3. The number of rotatable bonds is 3. The third-order valence-electron chi connectivity index (χ3n) is 5.39. The maximum Gasteiger partial charge on any atom is 0.253 e. The van der Waals surface area contributed by atoms with Gasteiger partial charge in [-0.25, -0.2) is 0 Å². The molecule has 0 aromatic heterocycles. The predicted octanol–water partition coefficient (Wildman–Crippen LogP) is 3.28. The maximum absolute atomic E-state index is 12.8. The van der Waals surface area contributed by atoms with Gasteiger partial charge in [0.25, 0.3) is 5.91 Å². The number of hydrogen-bond donors (Lipinski definition) is 1. The molecule has 0 bridgehead atoms. The fourth-order valence-electron chi connectivity index (χ4n) is 4.09. The van der Waals surface area contributed by atoms with Crippen LogP contribution in [-0.4, -0.2) is 40.9 Å². The average molecular weight is 335 g/mol. The van der Waals surface area contributed by atoms with Crippen molar-refractivity contribution in [3.8, 4) is 11.1 Å². The molecule has 25 heavy (non-hydrogen) atoms. The van der Waals surface area contributed by atoms with Crippen LogP contribution < -0.4 is 0 Å². The van der Waals surface area contributed by atoms with E-state index in [2.05, 4.69) is 0 Å². The second-order valence-corrected chi connectivity index (χ2v) is 7.23. The van der Waals surface area contributed by atoms with Gasteiger partial charge in [0.2, 0.25) is 0 Å². The maximum atomic E-state index is 12.8. The molecular weight excluding hydrogens is 314 g/mol. The van der Waals surface area contributed by atoms with Crippen molar-refractivity contribution in [3.63, 3.8) is 0 Å². The molecule has 4 nitrogen and oxygen atoms in total. The van der Waals surface area contributed by atoms with Gasteiger partial charge in [0.15, 0.2) is 5.78 Å². The lowest BCUT2D eigenvalue weighted by Gasteiger charge is -2.28. The van der Waals surface area contributed by atoms with Crippen molar-refractivity contribution in [3.05, 3.63) is 59.2 Å². The highest BCUT2D eigenvalue weighted by molar-refractivity contribution is 6.22. The van der Waals surface area contributed by atoms with Gasteiger partial charge in [0.1, 0.15) is 0 Å². The number of nitrogens with zero attached hydrogens (tertiary/aromatic N) is 1. The molecule has 0 aliphatic heterocycles. The molecule has 2 aliphatic rings. The van der Waals surface area contributed by atoms with Crippen molar-refractivity contribution in [2.45, 2.75) is 31.3 Å². The first-order chi connectivity index (χ1) is 12.0. The van der Waals surface area contributed by atoms with Gasteiger partial charge in [0.05, 0.1) is 5.60 Å². The summed E-state index contributed by atoms with van der Waals surface area (Å²) >= 11 is 0. The molecule has 0 unspecified atom stereocenters. The lowest BCUT2D eigenvalue weighted by molar-refractivity contribution is 0.0157. The Kier molecular flexibility index (Phi) is 3.73. The van der Waals surface area contributed by atoms with Crippen LogP contribution in [-0.2, 0) is 0 Å². The van der Waals surface area contributed by atoms with Crippen molar-refractivity contribution in [2.75, 3.05) is 13.6 Å². The summed E-state index contributed by atoms with van der Waals surface area (Å²) in [5.74, 6) is -0.191. The van der Waals surface area contributed by atoms with Crippen LogP contribution in [0.4, 0.5) is 0 Å². The summed E-state index contributed by atoms with van der Waals surface area (Å²) in [5.41, 5.74) is 2.80. The number of ketones is 1. The smallest absolute Gasteiger partial charge is 0.253 e. The molecule has 128 valence electrons. The first-order valence-corrected chi connectivity index (χ1v) is 8.74. The van der Waals surface area contributed by atoms with E-state index in [0.717, 1.165) is 36.8 Å². The summed E-state index contributed by atoms with van der Waals surface area (Å²) in [6.07, 6.45) is 3.49. The quantitative estimate of drug-likeness (QED) is 0.799. The molecule has 0 saturated heterocycles. The Bertz CT molecular complexity index is 865. The fraction of sp³-hybridized carbons (Fsp3) is 0.333. The number of carbonyl (C=O) groups excluding carboxylic acids is 2. The zero-order chi connectivity index (χ0) is 17.6. The standard InChI is InChI=1S/C21H21NO3/c1-22(13-21(25)10-4-5-11-21)20(24)14-8-9-16-15-6-2-3-7-17(15)19(23)18(16)12-14/h2-3,6-9,12,25H,4-5,10-11,13H2,1H3. The molecule has 0 heterocycles. The highest BCUT2D eigenvalue weighted by atomic mass is 16.3. The van der Waals surface area contributed by atoms with Crippen molar-refractivity contribution in [1.29, 1.82) is 0 Å². The second-order valence-electron chi connectivity index (χ2n) is 7.23.